The first-order chi connectivity index (χ1) is 13.5. The van der Waals surface area contributed by atoms with Gasteiger partial charge < -0.3 is 4.57 Å². The van der Waals surface area contributed by atoms with E-state index in [9.17, 15) is 4.79 Å². The second-order valence-corrected chi connectivity index (χ2v) is 8.30. The maximum absolute atomic E-state index is 12.3. The van der Waals surface area contributed by atoms with Crippen molar-refractivity contribution in [3.05, 3.63) is 82.6 Å². The molecule has 6 heteroatoms. The Morgan fingerprint density at radius 2 is 1.82 bits per heavy atom. The van der Waals surface area contributed by atoms with Gasteiger partial charge in [-0.25, -0.2) is 5.43 Å². The fraction of sp³-hybridized carbons (Fsp3) is 0.182. The summed E-state index contributed by atoms with van der Waals surface area (Å²) in [5, 5.41) is 4.63. The number of halogens is 1. The minimum Gasteiger partial charge on any atom is -0.318 e. The molecular weight excluding hydrogens is 390 g/mol. The van der Waals surface area contributed by atoms with Gasteiger partial charge in [0.05, 0.1) is 11.5 Å². The van der Waals surface area contributed by atoms with Crippen molar-refractivity contribution in [1.82, 2.24) is 9.99 Å². The fourth-order valence-electron chi connectivity index (χ4n) is 2.92. The summed E-state index contributed by atoms with van der Waals surface area (Å²) in [4.78, 5) is 13.3. The zero-order valence-corrected chi connectivity index (χ0v) is 17.6. The molecule has 0 saturated carbocycles. The van der Waals surface area contributed by atoms with Crippen molar-refractivity contribution in [1.29, 1.82) is 0 Å². The molecule has 1 N–H and O–H groups in total. The Bertz CT molecular complexity index is 981. The molecule has 1 amide bonds. The number of rotatable bonds is 6. The van der Waals surface area contributed by atoms with Gasteiger partial charge in [0.2, 0.25) is 0 Å². The summed E-state index contributed by atoms with van der Waals surface area (Å²) < 4.78 is 2.13. The number of thioether (sulfide) groups is 1. The molecule has 0 aliphatic rings. The van der Waals surface area contributed by atoms with E-state index in [2.05, 4.69) is 15.1 Å². The fourth-order valence-corrected chi connectivity index (χ4v) is 3.93. The maximum Gasteiger partial charge on any atom is 0.253 e. The first kappa shape index (κ1) is 20.2. The van der Waals surface area contributed by atoms with Crippen molar-refractivity contribution in [2.24, 2.45) is 5.10 Å². The van der Waals surface area contributed by atoms with Gasteiger partial charge in [-0.05, 0) is 63.2 Å². The lowest BCUT2D eigenvalue weighted by molar-refractivity contribution is -0.120. The smallest absolute Gasteiger partial charge is 0.253 e. The van der Waals surface area contributed by atoms with Gasteiger partial charge in [-0.15, -0.1) is 11.8 Å². The van der Waals surface area contributed by atoms with Crippen LogP contribution in [0.25, 0.3) is 5.69 Å². The summed E-state index contributed by atoms with van der Waals surface area (Å²) >= 11 is 7.49. The number of amides is 1. The summed E-state index contributed by atoms with van der Waals surface area (Å²) in [6.07, 6.45) is 1.69. The second-order valence-electron chi connectivity index (χ2n) is 6.45. The van der Waals surface area contributed by atoms with Crippen LogP contribution in [0, 0.1) is 13.8 Å². The van der Waals surface area contributed by atoms with Crippen LogP contribution in [0.4, 0.5) is 0 Å². The van der Waals surface area contributed by atoms with E-state index in [4.69, 9.17) is 11.6 Å². The van der Waals surface area contributed by atoms with Gasteiger partial charge in [-0.2, -0.15) is 5.10 Å². The molecule has 0 saturated heterocycles. The largest absolute Gasteiger partial charge is 0.318 e. The third-order valence-corrected chi connectivity index (χ3v) is 5.72. The number of aryl methyl sites for hydroxylation is 1. The molecule has 0 fully saturated rings. The second kappa shape index (κ2) is 9.13. The van der Waals surface area contributed by atoms with Crippen LogP contribution in [0.3, 0.4) is 0 Å². The standard InChI is InChI=1S/C22H22ClN3OS/c1-15-13-18(16(2)26(15)20-11-9-19(23)10-12-20)14-24-25-22(27)17(3)28-21-7-5-4-6-8-21/h4-14,17H,1-3H3,(H,25,27)/b24-14+. The van der Waals surface area contributed by atoms with Crippen LogP contribution in [0.5, 0.6) is 0 Å². The average Bonchev–Trinajstić information content (AvgIpc) is 2.97. The molecule has 2 aromatic carbocycles. The number of carbonyl (C=O) groups excluding carboxylic acids is 1. The third-order valence-electron chi connectivity index (χ3n) is 4.36. The van der Waals surface area contributed by atoms with Gasteiger partial charge in [0.15, 0.2) is 0 Å². The van der Waals surface area contributed by atoms with Crippen LogP contribution in [-0.2, 0) is 4.79 Å². The van der Waals surface area contributed by atoms with E-state index in [-0.39, 0.29) is 11.2 Å². The van der Waals surface area contributed by atoms with Gasteiger partial charge in [-0.1, -0.05) is 29.8 Å². The highest BCUT2D eigenvalue weighted by Crippen LogP contribution is 2.23. The molecule has 4 nitrogen and oxygen atoms in total. The molecule has 1 aromatic heterocycles. The molecule has 0 aliphatic heterocycles. The average molecular weight is 412 g/mol. The number of carbonyl (C=O) groups is 1. The molecule has 3 aromatic rings. The minimum absolute atomic E-state index is 0.128. The van der Waals surface area contributed by atoms with Crippen LogP contribution >= 0.6 is 23.4 Å². The predicted molar refractivity (Wildman–Crippen MR) is 118 cm³/mol. The van der Waals surface area contributed by atoms with Crippen LogP contribution in [0.15, 0.2) is 70.7 Å². The van der Waals surface area contributed by atoms with Crippen molar-refractivity contribution >= 4 is 35.5 Å². The number of benzene rings is 2. The molecule has 28 heavy (non-hydrogen) atoms. The van der Waals surface area contributed by atoms with Gasteiger partial charge >= 0.3 is 0 Å². The SMILES string of the molecule is Cc1cc(/C=N/NC(=O)C(C)Sc2ccccc2)c(C)n1-c1ccc(Cl)cc1. The first-order valence-corrected chi connectivity index (χ1v) is 10.2. The van der Waals surface area contributed by atoms with E-state index in [1.165, 1.54) is 11.8 Å². The van der Waals surface area contributed by atoms with Crippen molar-refractivity contribution < 1.29 is 4.79 Å². The number of hydrazone groups is 1. The highest BCUT2D eigenvalue weighted by molar-refractivity contribution is 8.00. The number of hydrogen-bond acceptors (Lipinski definition) is 3. The number of aromatic nitrogens is 1. The summed E-state index contributed by atoms with van der Waals surface area (Å²) in [5.41, 5.74) is 6.76. The van der Waals surface area contributed by atoms with Gasteiger partial charge in [0, 0.05) is 32.6 Å². The van der Waals surface area contributed by atoms with E-state index < -0.39 is 0 Å². The highest BCUT2D eigenvalue weighted by Gasteiger charge is 2.14. The highest BCUT2D eigenvalue weighted by atomic mass is 35.5. The van der Waals surface area contributed by atoms with Crippen molar-refractivity contribution in [2.75, 3.05) is 0 Å². The van der Waals surface area contributed by atoms with Crippen molar-refractivity contribution in [2.45, 2.75) is 30.9 Å². The van der Waals surface area contributed by atoms with Gasteiger partial charge in [-0.3, -0.25) is 4.79 Å². The molecule has 3 rings (SSSR count). The zero-order chi connectivity index (χ0) is 20.1. The van der Waals surface area contributed by atoms with Crippen molar-refractivity contribution in [3.8, 4) is 5.69 Å². The zero-order valence-electron chi connectivity index (χ0n) is 16.0. The Morgan fingerprint density at radius 1 is 1.14 bits per heavy atom. The summed E-state index contributed by atoms with van der Waals surface area (Å²) in [7, 11) is 0. The van der Waals surface area contributed by atoms with E-state index in [0.29, 0.717) is 5.02 Å². The Balaban J connectivity index is 1.67. The number of nitrogens with zero attached hydrogens (tertiary/aromatic N) is 2. The topological polar surface area (TPSA) is 46.4 Å². The lowest BCUT2D eigenvalue weighted by atomic mass is 10.2. The summed E-state index contributed by atoms with van der Waals surface area (Å²) in [6.45, 7) is 5.93. The molecule has 0 bridgehead atoms. The minimum atomic E-state index is -0.235. The van der Waals surface area contributed by atoms with Crippen LogP contribution in [-0.4, -0.2) is 21.9 Å². The Morgan fingerprint density at radius 3 is 2.50 bits per heavy atom. The van der Waals surface area contributed by atoms with Crippen LogP contribution < -0.4 is 5.43 Å². The lowest BCUT2D eigenvalue weighted by Crippen LogP contribution is -2.26. The van der Waals surface area contributed by atoms with Gasteiger partial charge in [0.1, 0.15) is 0 Å². The first-order valence-electron chi connectivity index (χ1n) is 8.95. The molecule has 1 atom stereocenters. The lowest BCUT2D eigenvalue weighted by Gasteiger charge is -2.10. The predicted octanol–water partition coefficient (Wildman–Crippen LogP) is 5.38. The molecule has 0 aliphatic carbocycles. The number of hydrogen-bond donors (Lipinski definition) is 1. The summed E-state index contributed by atoms with van der Waals surface area (Å²) in [5.74, 6) is -0.128. The summed E-state index contributed by atoms with van der Waals surface area (Å²) in [6, 6.07) is 19.6. The third kappa shape index (κ3) is 4.86. The number of nitrogens with one attached hydrogen (secondary N) is 1. The normalized spacial score (nSPS) is 12.3. The van der Waals surface area contributed by atoms with Crippen LogP contribution in [0.2, 0.25) is 5.02 Å². The van der Waals surface area contributed by atoms with Crippen molar-refractivity contribution in [3.63, 3.8) is 0 Å². The monoisotopic (exact) mass is 411 g/mol. The Hall–Kier alpha value is -2.50. The van der Waals surface area contributed by atoms with E-state index in [1.807, 2.05) is 81.4 Å². The molecular formula is C22H22ClN3OS. The Labute approximate surface area is 174 Å². The van der Waals surface area contributed by atoms with Crippen LogP contribution in [0.1, 0.15) is 23.9 Å². The maximum atomic E-state index is 12.3. The molecule has 1 unspecified atom stereocenters. The molecule has 144 valence electrons. The quantitative estimate of drug-likeness (QED) is 0.336. The van der Waals surface area contributed by atoms with E-state index >= 15 is 0 Å². The molecule has 0 spiro atoms. The van der Waals surface area contributed by atoms with E-state index in [1.54, 1.807) is 6.21 Å². The molecule has 0 radical (unpaired) electrons. The van der Waals surface area contributed by atoms with Gasteiger partial charge in [0.25, 0.3) is 5.91 Å². The molecule has 1 heterocycles. The van der Waals surface area contributed by atoms with E-state index in [0.717, 1.165) is 27.5 Å². The Kier molecular flexibility index (Phi) is 6.60.